The van der Waals surface area contributed by atoms with Crippen LogP contribution in [-0.4, -0.2) is 18.9 Å². The van der Waals surface area contributed by atoms with Crippen LogP contribution in [0.25, 0.3) is 0 Å². The maximum absolute atomic E-state index is 11.6. The molecule has 0 aliphatic heterocycles. The van der Waals surface area contributed by atoms with E-state index in [0.717, 1.165) is 0 Å². The third-order valence-electron chi connectivity index (χ3n) is 2.43. The van der Waals surface area contributed by atoms with Gasteiger partial charge in [-0.3, -0.25) is 4.79 Å². The fourth-order valence-corrected chi connectivity index (χ4v) is 1.66. The minimum Gasteiger partial charge on any atom is -0.480 e. The first-order chi connectivity index (χ1) is 9.69. The predicted molar refractivity (Wildman–Crippen MR) is 74.4 cm³/mol. The van der Waals surface area contributed by atoms with Gasteiger partial charge in [-0.15, -0.1) is 0 Å². The Morgan fingerprint density at radius 1 is 1.10 bits per heavy atom. The number of ether oxygens (including phenoxy) is 2. The molecule has 2 rings (SSSR count). The van der Waals surface area contributed by atoms with Crippen LogP contribution in [0.1, 0.15) is 10.4 Å². The zero-order valence-electron chi connectivity index (χ0n) is 10.4. The molecule has 0 radical (unpaired) electrons. The summed E-state index contributed by atoms with van der Waals surface area (Å²) >= 11 is 5.89. The maximum atomic E-state index is 11.6. The second-order valence-electron chi connectivity index (χ2n) is 3.88. The van der Waals surface area contributed by atoms with Crippen molar-refractivity contribution in [1.82, 2.24) is 0 Å². The monoisotopic (exact) mass is 290 g/mol. The van der Waals surface area contributed by atoms with Crippen LogP contribution in [0.5, 0.6) is 11.5 Å². The molecule has 102 valence electrons. The van der Waals surface area contributed by atoms with Gasteiger partial charge in [0.05, 0.1) is 5.02 Å². The summed E-state index contributed by atoms with van der Waals surface area (Å²) in [7, 11) is 0. The number of benzene rings is 2. The molecule has 0 saturated carbocycles. The zero-order valence-corrected chi connectivity index (χ0v) is 11.2. The first kappa shape index (κ1) is 14.1. The maximum Gasteiger partial charge on any atom is 0.349 e. The molecule has 20 heavy (non-hydrogen) atoms. The molecule has 0 unspecified atom stereocenters. The van der Waals surface area contributed by atoms with E-state index in [4.69, 9.17) is 21.1 Å². The van der Waals surface area contributed by atoms with Crippen LogP contribution >= 0.6 is 11.6 Å². The smallest absolute Gasteiger partial charge is 0.349 e. The van der Waals surface area contributed by atoms with Gasteiger partial charge in [0.1, 0.15) is 17.8 Å². The molecule has 2 aromatic rings. The van der Waals surface area contributed by atoms with E-state index in [1.165, 1.54) is 12.1 Å². The van der Waals surface area contributed by atoms with Gasteiger partial charge in [-0.1, -0.05) is 23.7 Å². The molecule has 0 aromatic heterocycles. The number of rotatable bonds is 5. The van der Waals surface area contributed by atoms with E-state index in [2.05, 4.69) is 0 Å². The summed E-state index contributed by atoms with van der Waals surface area (Å²) in [5.41, 5.74) is 0.511. The number of esters is 1. The van der Waals surface area contributed by atoms with E-state index in [-0.39, 0.29) is 6.61 Å². The lowest BCUT2D eigenvalue weighted by molar-refractivity contribution is -0.136. The van der Waals surface area contributed by atoms with Crippen LogP contribution in [0.3, 0.4) is 0 Å². The van der Waals surface area contributed by atoms with Crippen molar-refractivity contribution in [2.75, 3.05) is 6.61 Å². The van der Waals surface area contributed by atoms with Crippen LogP contribution in [-0.2, 0) is 4.79 Å². The van der Waals surface area contributed by atoms with E-state index >= 15 is 0 Å². The van der Waals surface area contributed by atoms with Crippen molar-refractivity contribution >= 4 is 23.9 Å². The Hall–Kier alpha value is -2.33. The lowest BCUT2D eigenvalue weighted by Gasteiger charge is -2.07. The van der Waals surface area contributed by atoms with Crippen molar-refractivity contribution < 1.29 is 19.1 Å². The van der Waals surface area contributed by atoms with Crippen LogP contribution in [0, 0.1) is 0 Å². The highest BCUT2D eigenvalue weighted by Crippen LogP contribution is 2.23. The fourth-order valence-electron chi connectivity index (χ4n) is 1.47. The summed E-state index contributed by atoms with van der Waals surface area (Å²) in [4.78, 5) is 22.1. The van der Waals surface area contributed by atoms with Crippen molar-refractivity contribution in [3.63, 3.8) is 0 Å². The second-order valence-corrected chi connectivity index (χ2v) is 4.29. The number of hydrogen-bond donors (Lipinski definition) is 0. The Morgan fingerprint density at radius 3 is 2.45 bits per heavy atom. The molecular formula is C15H11ClO4. The van der Waals surface area contributed by atoms with E-state index < -0.39 is 5.97 Å². The summed E-state index contributed by atoms with van der Waals surface area (Å²) in [6.07, 6.45) is 0.714. The Labute approximate surface area is 120 Å². The van der Waals surface area contributed by atoms with Gasteiger partial charge in [-0.2, -0.15) is 0 Å². The number of para-hydroxylation sites is 1. The quantitative estimate of drug-likeness (QED) is 0.482. The summed E-state index contributed by atoms with van der Waals surface area (Å²) in [5, 5.41) is 0.427. The Balaban J connectivity index is 1.89. The summed E-state index contributed by atoms with van der Waals surface area (Å²) < 4.78 is 10.3. The topological polar surface area (TPSA) is 52.6 Å². The van der Waals surface area contributed by atoms with Crippen LogP contribution in [0.4, 0.5) is 0 Å². The van der Waals surface area contributed by atoms with Gasteiger partial charge in [0.25, 0.3) is 0 Å². The van der Waals surface area contributed by atoms with Gasteiger partial charge >= 0.3 is 5.97 Å². The SMILES string of the molecule is O=Cc1ccc(OC(=O)COc2ccccc2Cl)cc1. The zero-order chi connectivity index (χ0) is 14.4. The standard InChI is InChI=1S/C15H11ClO4/c16-13-3-1-2-4-14(13)19-10-15(18)20-12-7-5-11(9-17)6-8-12/h1-9H,10H2. The van der Waals surface area contributed by atoms with Crippen molar-refractivity contribution in [2.24, 2.45) is 0 Å². The molecule has 0 spiro atoms. The van der Waals surface area contributed by atoms with E-state index in [0.29, 0.717) is 28.4 Å². The summed E-state index contributed by atoms with van der Waals surface area (Å²) in [6, 6.07) is 13.0. The van der Waals surface area contributed by atoms with Crippen molar-refractivity contribution in [3.05, 3.63) is 59.1 Å². The van der Waals surface area contributed by atoms with Gasteiger partial charge < -0.3 is 9.47 Å². The molecule has 2 aromatic carbocycles. The molecule has 0 N–H and O–H groups in total. The molecule has 5 heteroatoms. The molecule has 0 aliphatic carbocycles. The molecule has 0 aliphatic rings. The lowest BCUT2D eigenvalue weighted by atomic mass is 10.2. The van der Waals surface area contributed by atoms with Crippen molar-refractivity contribution in [3.8, 4) is 11.5 Å². The number of halogens is 1. The Bertz CT molecular complexity index is 608. The third-order valence-corrected chi connectivity index (χ3v) is 2.74. The minimum atomic E-state index is -0.552. The van der Waals surface area contributed by atoms with Crippen molar-refractivity contribution in [2.45, 2.75) is 0 Å². The molecule has 0 amide bonds. The highest BCUT2D eigenvalue weighted by Gasteiger charge is 2.07. The van der Waals surface area contributed by atoms with Gasteiger partial charge in [-0.05, 0) is 36.4 Å². The molecule has 0 saturated heterocycles. The number of aldehydes is 1. The molecule has 0 heterocycles. The molecule has 0 fully saturated rings. The fraction of sp³-hybridized carbons (Fsp3) is 0.0667. The average molecular weight is 291 g/mol. The lowest BCUT2D eigenvalue weighted by Crippen LogP contribution is -2.17. The van der Waals surface area contributed by atoms with Crippen LogP contribution < -0.4 is 9.47 Å². The largest absolute Gasteiger partial charge is 0.480 e. The molecule has 0 bridgehead atoms. The highest BCUT2D eigenvalue weighted by atomic mass is 35.5. The van der Waals surface area contributed by atoms with E-state index in [1.54, 1.807) is 36.4 Å². The van der Waals surface area contributed by atoms with Crippen LogP contribution in [0.15, 0.2) is 48.5 Å². The summed E-state index contributed by atoms with van der Waals surface area (Å²) in [6.45, 7) is -0.251. The van der Waals surface area contributed by atoms with Crippen LogP contribution in [0.2, 0.25) is 5.02 Å². The van der Waals surface area contributed by atoms with Gasteiger partial charge in [0.2, 0.25) is 0 Å². The highest BCUT2D eigenvalue weighted by molar-refractivity contribution is 6.32. The van der Waals surface area contributed by atoms with E-state index in [1.807, 2.05) is 0 Å². The first-order valence-electron chi connectivity index (χ1n) is 5.82. The van der Waals surface area contributed by atoms with Gasteiger partial charge in [0.15, 0.2) is 6.61 Å². The van der Waals surface area contributed by atoms with Gasteiger partial charge in [-0.25, -0.2) is 4.79 Å². The number of carbonyl (C=O) groups excluding carboxylic acids is 2. The predicted octanol–water partition coefficient (Wildman–Crippen LogP) is 3.14. The Morgan fingerprint density at radius 2 is 1.80 bits per heavy atom. The van der Waals surface area contributed by atoms with Gasteiger partial charge in [0, 0.05) is 5.56 Å². The normalized spacial score (nSPS) is 9.85. The molecule has 0 atom stereocenters. The van der Waals surface area contributed by atoms with Crippen molar-refractivity contribution in [1.29, 1.82) is 0 Å². The number of hydrogen-bond acceptors (Lipinski definition) is 4. The molecule has 4 nitrogen and oxygen atoms in total. The Kier molecular flexibility index (Phi) is 4.74. The number of carbonyl (C=O) groups is 2. The molecular weight excluding hydrogens is 280 g/mol. The average Bonchev–Trinajstić information content (AvgIpc) is 2.47. The third kappa shape index (κ3) is 3.83. The minimum absolute atomic E-state index is 0.251. The summed E-state index contributed by atoms with van der Waals surface area (Å²) in [5.74, 6) is 0.217. The second kappa shape index (κ2) is 6.73. The first-order valence-corrected chi connectivity index (χ1v) is 6.20. The van der Waals surface area contributed by atoms with E-state index in [9.17, 15) is 9.59 Å².